The summed E-state index contributed by atoms with van der Waals surface area (Å²) in [6.45, 7) is 1.85. The van der Waals surface area contributed by atoms with Crippen LogP contribution in [-0.2, 0) is 6.54 Å². The number of urea groups is 1. The third-order valence-electron chi connectivity index (χ3n) is 2.75. The van der Waals surface area contributed by atoms with Crippen molar-refractivity contribution >= 4 is 12.0 Å². The van der Waals surface area contributed by atoms with Crippen molar-refractivity contribution in [1.82, 2.24) is 20.5 Å². The van der Waals surface area contributed by atoms with E-state index in [1.54, 1.807) is 18.0 Å². The number of carboxylic acids is 1. The molecule has 1 rings (SSSR count). The van der Waals surface area contributed by atoms with Gasteiger partial charge in [0, 0.05) is 26.3 Å². The van der Waals surface area contributed by atoms with Crippen LogP contribution in [0.25, 0.3) is 0 Å². The maximum absolute atomic E-state index is 11.8. The monoisotopic (exact) mass is 280 g/mol. The van der Waals surface area contributed by atoms with Gasteiger partial charge < -0.3 is 20.6 Å². The third kappa shape index (κ3) is 5.23. The smallest absolute Gasteiger partial charge is 0.354 e. The molecule has 110 valence electrons. The Morgan fingerprint density at radius 3 is 2.70 bits per heavy atom. The number of carbonyl (C=O) groups is 2. The van der Waals surface area contributed by atoms with Crippen LogP contribution in [0.1, 0.15) is 22.5 Å². The van der Waals surface area contributed by atoms with Gasteiger partial charge in [-0.3, -0.25) is 0 Å². The molecule has 3 N–H and O–H groups in total. The molecular weight excluding hydrogens is 260 g/mol. The lowest BCUT2D eigenvalue weighted by molar-refractivity contribution is 0.0690. The number of aromatic carboxylic acids is 1. The van der Waals surface area contributed by atoms with Crippen LogP contribution in [0.5, 0.6) is 0 Å². The lowest BCUT2D eigenvalue weighted by Gasteiger charge is -2.17. The Balaban J connectivity index is 2.38. The van der Waals surface area contributed by atoms with Crippen LogP contribution in [0.15, 0.2) is 18.3 Å². The number of amides is 2. The average Bonchev–Trinajstić information content (AvgIpc) is 2.45. The zero-order valence-corrected chi connectivity index (χ0v) is 11.7. The highest BCUT2D eigenvalue weighted by Crippen LogP contribution is 2.00. The van der Waals surface area contributed by atoms with Crippen LogP contribution in [0, 0.1) is 0 Å². The van der Waals surface area contributed by atoms with Crippen molar-refractivity contribution in [2.45, 2.75) is 13.0 Å². The van der Waals surface area contributed by atoms with Crippen molar-refractivity contribution in [3.63, 3.8) is 0 Å². The minimum atomic E-state index is -1.06. The SMILES string of the molecule is CNCCCN(C)C(=O)NCc1ccc(C(=O)O)nc1. The Morgan fingerprint density at radius 1 is 1.40 bits per heavy atom. The van der Waals surface area contributed by atoms with E-state index in [0.717, 1.165) is 18.5 Å². The number of rotatable bonds is 7. The second-order valence-electron chi connectivity index (χ2n) is 4.39. The van der Waals surface area contributed by atoms with Crippen molar-refractivity contribution in [3.05, 3.63) is 29.6 Å². The largest absolute Gasteiger partial charge is 0.477 e. The lowest BCUT2D eigenvalue weighted by atomic mass is 10.2. The average molecular weight is 280 g/mol. The molecule has 0 aromatic carbocycles. The fourth-order valence-electron chi connectivity index (χ4n) is 1.56. The van der Waals surface area contributed by atoms with E-state index < -0.39 is 5.97 Å². The van der Waals surface area contributed by atoms with Crippen LogP contribution < -0.4 is 10.6 Å². The molecule has 1 aromatic heterocycles. The van der Waals surface area contributed by atoms with Gasteiger partial charge in [-0.05, 0) is 31.6 Å². The van der Waals surface area contributed by atoms with E-state index in [-0.39, 0.29) is 11.7 Å². The highest BCUT2D eigenvalue weighted by atomic mass is 16.4. The molecule has 0 aliphatic carbocycles. The van der Waals surface area contributed by atoms with Gasteiger partial charge in [0.05, 0.1) is 0 Å². The zero-order valence-electron chi connectivity index (χ0n) is 11.7. The molecule has 2 amide bonds. The summed E-state index contributed by atoms with van der Waals surface area (Å²) in [5.41, 5.74) is 0.747. The molecule has 20 heavy (non-hydrogen) atoms. The second-order valence-corrected chi connectivity index (χ2v) is 4.39. The van der Waals surface area contributed by atoms with Gasteiger partial charge in [0.25, 0.3) is 0 Å². The Bertz CT molecular complexity index is 447. The number of hydrogen-bond donors (Lipinski definition) is 3. The van der Waals surface area contributed by atoms with Gasteiger partial charge in [0.2, 0.25) is 0 Å². The van der Waals surface area contributed by atoms with Crippen molar-refractivity contribution in [2.75, 3.05) is 27.2 Å². The van der Waals surface area contributed by atoms with E-state index >= 15 is 0 Å². The predicted molar refractivity (Wildman–Crippen MR) is 74.6 cm³/mol. The first-order chi connectivity index (χ1) is 9.54. The molecule has 0 unspecified atom stereocenters. The molecule has 0 spiro atoms. The molecule has 7 nitrogen and oxygen atoms in total. The summed E-state index contributed by atoms with van der Waals surface area (Å²) in [4.78, 5) is 27.8. The Hall–Kier alpha value is -2.15. The van der Waals surface area contributed by atoms with Gasteiger partial charge in [0.15, 0.2) is 0 Å². The van der Waals surface area contributed by atoms with E-state index in [0.29, 0.717) is 13.1 Å². The van der Waals surface area contributed by atoms with E-state index in [9.17, 15) is 9.59 Å². The number of hydrogen-bond acceptors (Lipinski definition) is 4. The molecule has 0 saturated heterocycles. The molecule has 7 heteroatoms. The molecule has 1 heterocycles. The molecule has 0 saturated carbocycles. The van der Waals surface area contributed by atoms with Gasteiger partial charge in [-0.25, -0.2) is 14.6 Å². The Labute approximate surface area is 118 Å². The number of carbonyl (C=O) groups excluding carboxylic acids is 1. The van der Waals surface area contributed by atoms with E-state index in [4.69, 9.17) is 5.11 Å². The molecule has 0 bridgehead atoms. The maximum atomic E-state index is 11.8. The summed E-state index contributed by atoms with van der Waals surface area (Å²) < 4.78 is 0. The molecule has 0 aliphatic rings. The highest BCUT2D eigenvalue weighted by Gasteiger charge is 2.08. The quantitative estimate of drug-likeness (QED) is 0.633. The molecule has 0 radical (unpaired) electrons. The zero-order chi connectivity index (χ0) is 15.0. The molecule has 1 aromatic rings. The summed E-state index contributed by atoms with van der Waals surface area (Å²) in [6, 6.07) is 2.89. The standard InChI is InChI=1S/C13H20N4O3/c1-14-6-3-7-17(2)13(20)16-9-10-4-5-11(12(18)19)15-8-10/h4-5,8,14H,3,6-7,9H2,1-2H3,(H,16,20)(H,18,19). The highest BCUT2D eigenvalue weighted by molar-refractivity contribution is 5.85. The summed E-state index contributed by atoms with van der Waals surface area (Å²) in [5.74, 6) is -1.06. The predicted octanol–water partition coefficient (Wildman–Crippen LogP) is 0.531. The first-order valence-electron chi connectivity index (χ1n) is 6.36. The van der Waals surface area contributed by atoms with Gasteiger partial charge in [-0.15, -0.1) is 0 Å². The summed E-state index contributed by atoms with van der Waals surface area (Å²) >= 11 is 0. The molecule has 0 fully saturated rings. The van der Waals surface area contributed by atoms with Crippen LogP contribution in [-0.4, -0.2) is 54.2 Å². The van der Waals surface area contributed by atoms with Gasteiger partial charge in [-0.1, -0.05) is 6.07 Å². The van der Waals surface area contributed by atoms with Crippen LogP contribution in [0.2, 0.25) is 0 Å². The summed E-state index contributed by atoms with van der Waals surface area (Å²) in [7, 11) is 3.60. The number of carboxylic acid groups (broad SMARTS) is 1. The topological polar surface area (TPSA) is 94.6 Å². The van der Waals surface area contributed by atoms with Crippen LogP contribution in [0.3, 0.4) is 0 Å². The normalized spacial score (nSPS) is 10.1. The second kappa shape index (κ2) is 8.11. The van der Waals surface area contributed by atoms with E-state index in [1.807, 2.05) is 7.05 Å². The Morgan fingerprint density at radius 2 is 2.15 bits per heavy atom. The fourth-order valence-corrected chi connectivity index (χ4v) is 1.56. The van der Waals surface area contributed by atoms with Crippen LogP contribution in [0.4, 0.5) is 4.79 Å². The Kier molecular flexibility index (Phi) is 6.45. The van der Waals surface area contributed by atoms with E-state index in [2.05, 4.69) is 15.6 Å². The number of nitrogens with one attached hydrogen (secondary N) is 2. The van der Waals surface area contributed by atoms with Gasteiger partial charge in [-0.2, -0.15) is 0 Å². The molecular formula is C13H20N4O3. The minimum Gasteiger partial charge on any atom is -0.477 e. The van der Waals surface area contributed by atoms with Crippen LogP contribution >= 0.6 is 0 Å². The first kappa shape index (κ1) is 15.9. The first-order valence-corrected chi connectivity index (χ1v) is 6.36. The molecule has 0 atom stereocenters. The van der Waals surface area contributed by atoms with E-state index in [1.165, 1.54) is 12.3 Å². The summed E-state index contributed by atoms with van der Waals surface area (Å²) in [5, 5.41) is 14.5. The summed E-state index contributed by atoms with van der Waals surface area (Å²) in [6.07, 6.45) is 2.33. The number of aromatic nitrogens is 1. The fraction of sp³-hybridized carbons (Fsp3) is 0.462. The molecule has 0 aliphatic heterocycles. The minimum absolute atomic E-state index is 0.00994. The number of nitrogens with zero attached hydrogens (tertiary/aromatic N) is 2. The van der Waals surface area contributed by atoms with Crippen molar-refractivity contribution in [2.24, 2.45) is 0 Å². The maximum Gasteiger partial charge on any atom is 0.354 e. The van der Waals surface area contributed by atoms with Crippen molar-refractivity contribution < 1.29 is 14.7 Å². The number of pyridine rings is 1. The van der Waals surface area contributed by atoms with Gasteiger partial charge in [0.1, 0.15) is 5.69 Å². The van der Waals surface area contributed by atoms with Crippen molar-refractivity contribution in [3.8, 4) is 0 Å². The van der Waals surface area contributed by atoms with Gasteiger partial charge >= 0.3 is 12.0 Å². The van der Waals surface area contributed by atoms with Crippen molar-refractivity contribution in [1.29, 1.82) is 0 Å². The lowest BCUT2D eigenvalue weighted by Crippen LogP contribution is -2.38. The third-order valence-corrected chi connectivity index (χ3v) is 2.75.